The number of nitroso groups, excluding NO2 is 1. The summed E-state index contributed by atoms with van der Waals surface area (Å²) in [6.07, 6.45) is -4.61. The first kappa shape index (κ1) is 20.6. The third-order valence-corrected chi connectivity index (χ3v) is 3.40. The van der Waals surface area contributed by atoms with Crippen LogP contribution in [-0.4, -0.2) is 31.7 Å². The predicted octanol–water partition coefficient (Wildman–Crippen LogP) is 3.30. The fourth-order valence-electron chi connectivity index (χ4n) is 2.32. The Morgan fingerprint density at radius 2 is 1.68 bits per heavy atom. The normalized spacial score (nSPS) is 12.6. The second kappa shape index (κ2) is 9.14. The summed E-state index contributed by atoms with van der Waals surface area (Å²) < 4.78 is 48.3. The quantitative estimate of drug-likeness (QED) is 0.403. The lowest BCUT2D eigenvalue weighted by Gasteiger charge is -2.23. The van der Waals surface area contributed by atoms with E-state index in [9.17, 15) is 27.7 Å². The lowest BCUT2D eigenvalue weighted by molar-refractivity contribution is -0.162. The average molecular weight is 361 g/mol. The number of nitrogens with zero attached hydrogens (tertiary/aromatic N) is 1. The van der Waals surface area contributed by atoms with E-state index in [1.807, 2.05) is 0 Å². The summed E-state index contributed by atoms with van der Waals surface area (Å²) in [5.74, 6) is -4.77. The van der Waals surface area contributed by atoms with Crippen molar-refractivity contribution in [2.45, 2.75) is 25.9 Å². The topological polar surface area (TPSA) is 82.0 Å². The highest BCUT2D eigenvalue weighted by atomic mass is 19.4. The Labute approximate surface area is 142 Å². The van der Waals surface area contributed by atoms with Crippen molar-refractivity contribution in [3.8, 4) is 0 Å². The van der Waals surface area contributed by atoms with E-state index < -0.39 is 42.1 Å². The zero-order chi connectivity index (χ0) is 19.0. The van der Waals surface area contributed by atoms with Crippen molar-refractivity contribution in [1.29, 1.82) is 0 Å². The maximum absolute atomic E-state index is 12.9. The molecular formula is C16H18F3NO5. The number of benzene rings is 1. The summed E-state index contributed by atoms with van der Waals surface area (Å²) in [7, 11) is 0. The number of hydrogen-bond acceptors (Lipinski definition) is 6. The van der Waals surface area contributed by atoms with Gasteiger partial charge in [-0.25, -0.2) is 0 Å². The van der Waals surface area contributed by atoms with E-state index in [1.165, 1.54) is 19.9 Å². The molecule has 0 amide bonds. The molecule has 1 aromatic rings. The summed E-state index contributed by atoms with van der Waals surface area (Å²) in [6, 6.07) is 4.04. The van der Waals surface area contributed by atoms with E-state index in [0.29, 0.717) is 0 Å². The molecule has 138 valence electrons. The van der Waals surface area contributed by atoms with Gasteiger partial charge in [-0.15, -0.1) is 0 Å². The smallest absolute Gasteiger partial charge is 0.416 e. The lowest BCUT2D eigenvalue weighted by Crippen LogP contribution is -2.34. The second-order valence-electron chi connectivity index (χ2n) is 5.02. The first-order valence-corrected chi connectivity index (χ1v) is 7.55. The van der Waals surface area contributed by atoms with Gasteiger partial charge in [0.2, 0.25) is 0 Å². The molecule has 25 heavy (non-hydrogen) atoms. The fraction of sp³-hybridized carbons (Fsp3) is 0.500. The molecule has 0 spiro atoms. The Kier molecular flexibility index (Phi) is 7.53. The molecule has 1 atom stereocenters. The molecule has 0 bridgehead atoms. The van der Waals surface area contributed by atoms with Gasteiger partial charge in [-0.1, -0.05) is 23.4 Å². The molecule has 6 nitrogen and oxygen atoms in total. The first-order chi connectivity index (χ1) is 11.8. The van der Waals surface area contributed by atoms with Crippen LogP contribution in [0.1, 0.15) is 30.9 Å². The summed E-state index contributed by atoms with van der Waals surface area (Å²) in [4.78, 5) is 35.0. The Morgan fingerprint density at radius 1 is 1.12 bits per heavy atom. The van der Waals surface area contributed by atoms with Gasteiger partial charge in [-0.2, -0.15) is 18.1 Å². The van der Waals surface area contributed by atoms with Crippen LogP contribution in [0.15, 0.2) is 29.4 Å². The molecule has 0 heterocycles. The van der Waals surface area contributed by atoms with Crippen molar-refractivity contribution in [3.05, 3.63) is 40.3 Å². The molecule has 1 rings (SSSR count). The van der Waals surface area contributed by atoms with Gasteiger partial charge in [0.15, 0.2) is 5.92 Å². The van der Waals surface area contributed by atoms with Gasteiger partial charge >= 0.3 is 18.1 Å². The number of rotatable bonds is 8. The maximum Gasteiger partial charge on any atom is 0.416 e. The molecule has 1 aromatic carbocycles. The van der Waals surface area contributed by atoms with Crippen molar-refractivity contribution >= 4 is 11.9 Å². The molecule has 0 unspecified atom stereocenters. The molecular weight excluding hydrogens is 343 g/mol. The van der Waals surface area contributed by atoms with Gasteiger partial charge < -0.3 is 9.47 Å². The van der Waals surface area contributed by atoms with Crippen molar-refractivity contribution in [2.24, 2.45) is 11.1 Å². The Hall–Kier alpha value is -2.45. The molecule has 0 N–H and O–H groups in total. The lowest BCUT2D eigenvalue weighted by atomic mass is 9.85. The van der Waals surface area contributed by atoms with Gasteiger partial charge in [0.1, 0.15) is 0 Å². The van der Waals surface area contributed by atoms with Gasteiger partial charge in [0.05, 0.1) is 25.3 Å². The zero-order valence-electron chi connectivity index (χ0n) is 13.7. The number of halogens is 3. The third kappa shape index (κ3) is 5.54. The summed E-state index contributed by atoms with van der Waals surface area (Å²) >= 11 is 0. The van der Waals surface area contributed by atoms with Gasteiger partial charge in [0.25, 0.3) is 0 Å². The molecule has 0 aliphatic heterocycles. The zero-order valence-corrected chi connectivity index (χ0v) is 13.7. The van der Waals surface area contributed by atoms with Gasteiger partial charge in [-0.3, -0.25) is 9.59 Å². The van der Waals surface area contributed by atoms with E-state index >= 15 is 0 Å². The molecule has 0 radical (unpaired) electrons. The number of esters is 2. The molecule has 0 saturated carbocycles. The van der Waals surface area contributed by atoms with Crippen LogP contribution in [0.5, 0.6) is 0 Å². The van der Waals surface area contributed by atoms with E-state index in [0.717, 1.165) is 18.2 Å². The van der Waals surface area contributed by atoms with Crippen LogP contribution < -0.4 is 0 Å². The molecule has 0 fully saturated rings. The van der Waals surface area contributed by atoms with E-state index in [4.69, 9.17) is 9.47 Å². The highest BCUT2D eigenvalue weighted by Gasteiger charge is 2.40. The van der Waals surface area contributed by atoms with E-state index in [1.54, 1.807) is 0 Å². The number of ether oxygens (including phenoxy) is 2. The number of carbonyl (C=O) groups is 2. The van der Waals surface area contributed by atoms with Crippen LogP contribution in [-0.2, 0) is 25.2 Å². The summed E-state index contributed by atoms with van der Waals surface area (Å²) in [5.41, 5.74) is -0.993. The van der Waals surface area contributed by atoms with Crippen LogP contribution in [0.2, 0.25) is 0 Å². The minimum atomic E-state index is -4.61. The predicted molar refractivity (Wildman–Crippen MR) is 81.6 cm³/mol. The largest absolute Gasteiger partial charge is 0.465 e. The van der Waals surface area contributed by atoms with Crippen LogP contribution in [0.25, 0.3) is 0 Å². The van der Waals surface area contributed by atoms with Crippen molar-refractivity contribution in [2.75, 3.05) is 19.8 Å². The monoisotopic (exact) mass is 361 g/mol. The van der Waals surface area contributed by atoms with Crippen LogP contribution in [0.4, 0.5) is 13.2 Å². The van der Waals surface area contributed by atoms with Crippen molar-refractivity contribution < 1.29 is 32.2 Å². The number of hydrogen-bond donors (Lipinski definition) is 0. The highest BCUT2D eigenvalue weighted by Crippen LogP contribution is 2.34. The molecule has 0 saturated heterocycles. The minimum absolute atomic E-state index is 0.0273. The molecule has 0 aliphatic carbocycles. The van der Waals surface area contributed by atoms with E-state index in [2.05, 4.69) is 5.18 Å². The van der Waals surface area contributed by atoms with Crippen LogP contribution in [0.3, 0.4) is 0 Å². The van der Waals surface area contributed by atoms with Crippen molar-refractivity contribution in [1.82, 2.24) is 0 Å². The van der Waals surface area contributed by atoms with Crippen LogP contribution >= 0.6 is 0 Å². The number of alkyl halides is 3. The third-order valence-electron chi connectivity index (χ3n) is 3.40. The molecule has 9 heteroatoms. The maximum atomic E-state index is 12.9. The molecule has 0 aliphatic rings. The SMILES string of the molecule is CCOC(=O)C(C(=O)OCC)[C@H](CN=O)c1cccc(C(F)(F)F)c1. The average Bonchev–Trinajstić information content (AvgIpc) is 2.54. The Balaban J connectivity index is 3.35. The summed E-state index contributed by atoms with van der Waals surface area (Å²) in [6.45, 7) is 2.36. The molecule has 0 aromatic heterocycles. The number of carbonyl (C=O) groups excluding carboxylic acids is 2. The standard InChI is InChI=1S/C16H18F3NO5/c1-3-24-14(21)13(15(22)25-4-2)12(9-20-23)10-6-5-7-11(8-10)16(17,18)19/h5-8,12-13H,3-4,9H2,1-2H3/t12-/m1/s1. The second-order valence-corrected chi connectivity index (χ2v) is 5.02. The Bertz CT molecular complexity index is 600. The van der Waals surface area contributed by atoms with Crippen molar-refractivity contribution in [3.63, 3.8) is 0 Å². The van der Waals surface area contributed by atoms with Gasteiger partial charge in [0, 0.05) is 5.92 Å². The minimum Gasteiger partial charge on any atom is -0.465 e. The summed E-state index contributed by atoms with van der Waals surface area (Å²) in [5, 5.41) is 2.66. The van der Waals surface area contributed by atoms with Gasteiger partial charge in [-0.05, 0) is 25.5 Å². The Morgan fingerprint density at radius 3 is 2.12 bits per heavy atom. The van der Waals surface area contributed by atoms with Crippen LogP contribution in [0, 0.1) is 10.8 Å². The van der Waals surface area contributed by atoms with E-state index in [-0.39, 0.29) is 18.8 Å². The highest BCUT2D eigenvalue weighted by molar-refractivity contribution is 5.96. The fourth-order valence-corrected chi connectivity index (χ4v) is 2.32. The first-order valence-electron chi connectivity index (χ1n) is 7.55.